The first-order chi connectivity index (χ1) is 20.5. The lowest BCUT2D eigenvalue weighted by molar-refractivity contribution is -0.117. The number of hydrogen-bond acceptors (Lipinski definition) is 8. The third kappa shape index (κ3) is 7.20. The zero-order valence-corrected chi connectivity index (χ0v) is 23.1. The summed E-state index contributed by atoms with van der Waals surface area (Å²) in [5.41, 5.74) is 5.15. The second kappa shape index (κ2) is 13.3. The molecule has 0 bridgehead atoms. The van der Waals surface area contributed by atoms with Gasteiger partial charge < -0.3 is 10.1 Å². The molecule has 2 N–H and O–H groups in total. The maximum atomic E-state index is 13.2. The summed E-state index contributed by atoms with van der Waals surface area (Å²) in [6.07, 6.45) is 6.19. The molecular formula is C30H25ClN8O3. The molecule has 11 nitrogen and oxygen atoms in total. The Morgan fingerprint density at radius 1 is 1.02 bits per heavy atom. The van der Waals surface area contributed by atoms with Crippen molar-refractivity contribution in [1.29, 1.82) is 0 Å². The van der Waals surface area contributed by atoms with Gasteiger partial charge in [0.2, 0.25) is 5.91 Å². The lowest BCUT2D eigenvalue weighted by Gasteiger charge is -2.19. The Balaban J connectivity index is 1.39. The summed E-state index contributed by atoms with van der Waals surface area (Å²) in [5.74, 6) is -0.310. The fourth-order valence-corrected chi connectivity index (χ4v) is 4.41. The van der Waals surface area contributed by atoms with Gasteiger partial charge in [-0.25, -0.2) is 4.79 Å². The molecule has 0 fully saturated rings. The largest absolute Gasteiger partial charge is 0.453 e. The van der Waals surface area contributed by atoms with Crippen LogP contribution >= 0.6 is 11.6 Å². The van der Waals surface area contributed by atoms with E-state index in [1.807, 2.05) is 48.5 Å². The molecule has 2 amide bonds. The van der Waals surface area contributed by atoms with Crippen LogP contribution in [0, 0.1) is 0 Å². The number of amides is 2. The minimum absolute atomic E-state index is 0.310. The van der Waals surface area contributed by atoms with Gasteiger partial charge in [0.1, 0.15) is 6.33 Å². The summed E-state index contributed by atoms with van der Waals surface area (Å²) < 4.78 is 6.13. The van der Waals surface area contributed by atoms with Crippen LogP contribution in [0.2, 0.25) is 5.02 Å². The van der Waals surface area contributed by atoms with Crippen molar-refractivity contribution >= 4 is 35.4 Å². The van der Waals surface area contributed by atoms with Gasteiger partial charge in [-0.15, -0.1) is 5.10 Å². The Kier molecular flexibility index (Phi) is 8.90. The highest BCUT2D eigenvalue weighted by atomic mass is 35.5. The van der Waals surface area contributed by atoms with Gasteiger partial charge in [0.05, 0.1) is 30.7 Å². The SMILES string of the molecule is COC(=O)Nc1ccc(-c2cc(C(Cc3ccccc3)NC(=O)C=Cc3cc(Cl)ccc3-n3cnnn3)cnn2)cc1. The molecule has 0 saturated carbocycles. The Morgan fingerprint density at radius 3 is 2.57 bits per heavy atom. The molecule has 210 valence electrons. The molecule has 0 spiro atoms. The normalized spacial score (nSPS) is 11.7. The van der Waals surface area contributed by atoms with Gasteiger partial charge in [-0.05, 0) is 70.4 Å². The average molecular weight is 581 g/mol. The third-order valence-electron chi connectivity index (χ3n) is 6.29. The zero-order chi connectivity index (χ0) is 29.3. The van der Waals surface area contributed by atoms with E-state index in [-0.39, 0.29) is 5.91 Å². The number of tetrazole rings is 1. The number of benzene rings is 3. The second-order valence-corrected chi connectivity index (χ2v) is 9.55. The summed E-state index contributed by atoms with van der Waals surface area (Å²) in [6, 6.07) is 23.7. The lowest BCUT2D eigenvalue weighted by atomic mass is 9.98. The summed E-state index contributed by atoms with van der Waals surface area (Å²) >= 11 is 6.22. The van der Waals surface area contributed by atoms with Crippen LogP contribution in [0.15, 0.2) is 97.5 Å². The molecule has 2 heterocycles. The topological polar surface area (TPSA) is 137 Å². The highest BCUT2D eigenvalue weighted by Gasteiger charge is 2.17. The number of nitrogens with one attached hydrogen (secondary N) is 2. The second-order valence-electron chi connectivity index (χ2n) is 9.11. The molecule has 5 rings (SSSR count). The van der Waals surface area contributed by atoms with Crippen LogP contribution in [0.5, 0.6) is 0 Å². The molecule has 1 atom stereocenters. The van der Waals surface area contributed by atoms with Crippen LogP contribution in [-0.4, -0.2) is 49.5 Å². The number of hydrogen-bond donors (Lipinski definition) is 2. The van der Waals surface area contributed by atoms with Crippen LogP contribution in [0.3, 0.4) is 0 Å². The van der Waals surface area contributed by atoms with Crippen molar-refractivity contribution in [2.45, 2.75) is 12.5 Å². The van der Waals surface area contributed by atoms with Crippen molar-refractivity contribution in [2.75, 3.05) is 12.4 Å². The predicted octanol–water partition coefficient (Wildman–Crippen LogP) is 5.06. The van der Waals surface area contributed by atoms with Gasteiger partial charge in [0, 0.05) is 27.9 Å². The maximum Gasteiger partial charge on any atom is 0.411 e. The molecule has 3 aromatic carbocycles. The number of nitrogens with zero attached hydrogens (tertiary/aromatic N) is 6. The Morgan fingerprint density at radius 2 is 1.83 bits per heavy atom. The van der Waals surface area contributed by atoms with Gasteiger partial charge in [0.15, 0.2) is 0 Å². The van der Waals surface area contributed by atoms with Gasteiger partial charge in [-0.2, -0.15) is 14.9 Å². The maximum absolute atomic E-state index is 13.2. The van der Waals surface area contributed by atoms with Gasteiger partial charge in [-0.1, -0.05) is 54.1 Å². The van der Waals surface area contributed by atoms with Crippen molar-refractivity contribution in [3.8, 4) is 16.9 Å². The quantitative estimate of drug-likeness (QED) is 0.231. The van der Waals surface area contributed by atoms with E-state index in [0.29, 0.717) is 34.1 Å². The average Bonchev–Trinajstić information content (AvgIpc) is 3.56. The van der Waals surface area contributed by atoms with Gasteiger partial charge >= 0.3 is 6.09 Å². The Hall–Kier alpha value is -5.42. The highest BCUT2D eigenvalue weighted by Crippen LogP contribution is 2.25. The molecule has 0 aliphatic heterocycles. The summed E-state index contributed by atoms with van der Waals surface area (Å²) in [7, 11) is 1.30. The first kappa shape index (κ1) is 28.1. The molecule has 42 heavy (non-hydrogen) atoms. The predicted molar refractivity (Wildman–Crippen MR) is 158 cm³/mol. The Labute approximate surface area is 246 Å². The molecule has 0 aliphatic carbocycles. The smallest absolute Gasteiger partial charge is 0.411 e. The summed E-state index contributed by atoms with van der Waals surface area (Å²) in [4.78, 5) is 24.7. The van der Waals surface area contributed by atoms with Gasteiger partial charge in [-0.3, -0.25) is 10.1 Å². The summed E-state index contributed by atoms with van der Waals surface area (Å²) in [5, 5.41) is 26.0. The minimum atomic E-state index is -0.555. The molecule has 0 radical (unpaired) electrons. The molecule has 2 aromatic heterocycles. The van der Waals surface area contributed by atoms with E-state index in [4.69, 9.17) is 11.6 Å². The molecule has 12 heteroatoms. The standard InChI is InChI=1S/C30H25ClN8O3/c1-42-30(41)34-25-11-7-21(8-12-25)27-17-23(18-32-36-27)26(15-20-5-3-2-4-6-20)35-29(40)14-9-22-16-24(31)10-13-28(22)39-19-33-37-38-39/h2-14,16-19,26H,15H2,1H3,(H,34,41)(H,35,40). The van der Waals surface area contributed by atoms with Crippen LogP contribution in [0.4, 0.5) is 10.5 Å². The molecule has 0 saturated heterocycles. The van der Waals surface area contributed by atoms with E-state index in [1.165, 1.54) is 24.2 Å². The number of aromatic nitrogens is 6. The Bertz CT molecular complexity index is 1690. The van der Waals surface area contributed by atoms with Crippen molar-refractivity contribution in [1.82, 2.24) is 35.7 Å². The highest BCUT2D eigenvalue weighted by molar-refractivity contribution is 6.30. The monoisotopic (exact) mass is 580 g/mol. The first-order valence-corrected chi connectivity index (χ1v) is 13.2. The summed E-state index contributed by atoms with van der Waals surface area (Å²) in [6.45, 7) is 0. The van der Waals surface area contributed by atoms with Crippen LogP contribution in [0.25, 0.3) is 23.0 Å². The van der Waals surface area contributed by atoms with Crippen LogP contribution in [-0.2, 0) is 16.0 Å². The van der Waals surface area contributed by atoms with Crippen molar-refractivity contribution in [3.63, 3.8) is 0 Å². The van der Waals surface area contributed by atoms with E-state index in [2.05, 4.69) is 41.1 Å². The number of methoxy groups -OCH3 is 1. The van der Waals surface area contributed by atoms with Crippen LogP contribution < -0.4 is 10.6 Å². The van der Waals surface area contributed by atoms with E-state index < -0.39 is 12.1 Å². The first-order valence-electron chi connectivity index (χ1n) is 12.8. The molecule has 5 aromatic rings. The van der Waals surface area contributed by atoms with E-state index in [1.54, 1.807) is 42.6 Å². The van der Waals surface area contributed by atoms with Crippen molar-refractivity contribution in [3.05, 3.63) is 119 Å². The number of ether oxygens (including phenoxy) is 1. The molecule has 1 unspecified atom stereocenters. The number of anilines is 1. The van der Waals surface area contributed by atoms with Gasteiger partial charge in [0.25, 0.3) is 0 Å². The van der Waals surface area contributed by atoms with E-state index in [9.17, 15) is 9.59 Å². The van der Waals surface area contributed by atoms with Crippen molar-refractivity contribution < 1.29 is 14.3 Å². The number of carbonyl (C=O) groups is 2. The molecule has 0 aliphatic rings. The zero-order valence-electron chi connectivity index (χ0n) is 22.4. The lowest BCUT2D eigenvalue weighted by Crippen LogP contribution is -2.28. The minimum Gasteiger partial charge on any atom is -0.453 e. The van der Waals surface area contributed by atoms with Crippen LogP contribution in [0.1, 0.15) is 22.7 Å². The fourth-order valence-electron chi connectivity index (χ4n) is 4.23. The van der Waals surface area contributed by atoms with E-state index in [0.717, 1.165) is 16.7 Å². The molecular weight excluding hydrogens is 556 g/mol. The number of halogens is 1. The van der Waals surface area contributed by atoms with Crippen molar-refractivity contribution in [2.24, 2.45) is 0 Å². The third-order valence-corrected chi connectivity index (χ3v) is 6.52. The number of carbonyl (C=O) groups excluding carboxylic acids is 2. The fraction of sp³-hybridized carbons (Fsp3) is 0.100. The number of rotatable bonds is 9. The van der Waals surface area contributed by atoms with E-state index >= 15 is 0 Å².